The highest BCUT2D eigenvalue weighted by molar-refractivity contribution is 7.84. The van der Waals surface area contributed by atoms with Crippen LogP contribution in [0.1, 0.15) is 19.5 Å². The molecular formula is C28H29FN4O2S. The average molecular weight is 505 g/mol. The van der Waals surface area contributed by atoms with Gasteiger partial charge in [-0.3, -0.25) is 14.1 Å². The summed E-state index contributed by atoms with van der Waals surface area (Å²) in [7, 11) is -1.07. The summed E-state index contributed by atoms with van der Waals surface area (Å²) in [6.07, 6.45) is 6.13. The number of pyridine rings is 1. The van der Waals surface area contributed by atoms with Crippen molar-refractivity contribution in [2.75, 3.05) is 32.6 Å². The number of ether oxygens (including phenoxy) is 1. The summed E-state index contributed by atoms with van der Waals surface area (Å²) in [4.78, 5) is 12.6. The zero-order valence-electron chi connectivity index (χ0n) is 20.4. The normalized spacial score (nSPS) is 16.1. The molecule has 36 heavy (non-hydrogen) atoms. The molecule has 2 aromatic heterocycles. The molecule has 6 nitrogen and oxygen atoms in total. The van der Waals surface area contributed by atoms with Crippen LogP contribution in [0.2, 0.25) is 0 Å². The standard InChI is InChI=1S/C28H29FN4O2S/c1-3-25(32-16-18-35-19-17-32)33-27(21-12-14-30-15-13-21)26(20-4-8-23(29)9-5-20)31-28(33)22-6-10-24(11-7-22)36(2)34/h4-15,25H,3,16-19H2,1-2H3. The number of rotatable bonds is 7. The number of hydrogen-bond acceptors (Lipinski definition) is 5. The molecule has 1 aliphatic heterocycles. The molecule has 186 valence electrons. The molecule has 2 atom stereocenters. The molecule has 1 aliphatic rings. The number of hydrogen-bond donors (Lipinski definition) is 0. The minimum Gasteiger partial charge on any atom is -0.379 e. The molecule has 0 aliphatic carbocycles. The second-order valence-corrected chi connectivity index (χ2v) is 10.1. The summed E-state index contributed by atoms with van der Waals surface area (Å²) < 4.78 is 33.8. The van der Waals surface area contributed by atoms with Crippen LogP contribution in [0.25, 0.3) is 33.9 Å². The molecule has 3 heterocycles. The fourth-order valence-corrected chi connectivity index (χ4v) is 5.32. The third kappa shape index (κ3) is 4.89. The largest absolute Gasteiger partial charge is 0.379 e. The van der Waals surface area contributed by atoms with Crippen molar-refractivity contribution >= 4 is 10.8 Å². The van der Waals surface area contributed by atoms with Crippen molar-refractivity contribution in [3.05, 3.63) is 78.9 Å². The maximum absolute atomic E-state index is 13.8. The van der Waals surface area contributed by atoms with E-state index >= 15 is 0 Å². The number of benzene rings is 2. The van der Waals surface area contributed by atoms with E-state index in [0.717, 1.165) is 58.3 Å². The average Bonchev–Trinajstić information content (AvgIpc) is 3.31. The first-order valence-corrected chi connectivity index (χ1v) is 13.7. The van der Waals surface area contributed by atoms with Crippen LogP contribution < -0.4 is 0 Å². The molecule has 0 radical (unpaired) electrons. The van der Waals surface area contributed by atoms with E-state index in [4.69, 9.17) is 9.72 Å². The van der Waals surface area contributed by atoms with Crippen molar-refractivity contribution in [1.82, 2.24) is 19.4 Å². The Morgan fingerprint density at radius 2 is 1.58 bits per heavy atom. The highest BCUT2D eigenvalue weighted by Gasteiger charge is 2.29. The van der Waals surface area contributed by atoms with E-state index in [1.54, 1.807) is 30.8 Å². The van der Waals surface area contributed by atoms with E-state index in [1.807, 2.05) is 36.4 Å². The Morgan fingerprint density at radius 3 is 2.19 bits per heavy atom. The molecule has 2 unspecified atom stereocenters. The summed E-state index contributed by atoms with van der Waals surface area (Å²) >= 11 is 0. The van der Waals surface area contributed by atoms with Crippen molar-refractivity contribution in [3.63, 3.8) is 0 Å². The first-order valence-electron chi connectivity index (χ1n) is 12.1. The fourth-order valence-electron chi connectivity index (χ4n) is 4.80. The van der Waals surface area contributed by atoms with Gasteiger partial charge in [0.25, 0.3) is 0 Å². The predicted molar refractivity (Wildman–Crippen MR) is 140 cm³/mol. The third-order valence-electron chi connectivity index (χ3n) is 6.56. The maximum Gasteiger partial charge on any atom is 0.142 e. The molecule has 1 fully saturated rings. The minimum absolute atomic E-state index is 0.0359. The third-order valence-corrected chi connectivity index (χ3v) is 7.49. The molecule has 0 bridgehead atoms. The van der Waals surface area contributed by atoms with Crippen LogP contribution in [0.15, 0.2) is 78.0 Å². The van der Waals surface area contributed by atoms with Crippen LogP contribution >= 0.6 is 0 Å². The van der Waals surface area contributed by atoms with E-state index < -0.39 is 10.8 Å². The lowest BCUT2D eigenvalue weighted by atomic mass is 10.0. The van der Waals surface area contributed by atoms with E-state index in [0.29, 0.717) is 13.2 Å². The van der Waals surface area contributed by atoms with Crippen LogP contribution in [0.5, 0.6) is 0 Å². The lowest BCUT2D eigenvalue weighted by molar-refractivity contribution is -0.00182. The van der Waals surface area contributed by atoms with E-state index in [1.165, 1.54) is 12.1 Å². The van der Waals surface area contributed by atoms with Crippen LogP contribution in [-0.2, 0) is 15.5 Å². The number of nitrogens with zero attached hydrogens (tertiary/aromatic N) is 4. The topological polar surface area (TPSA) is 60.2 Å². The second kappa shape index (κ2) is 10.8. The number of imidazole rings is 1. The molecule has 0 amide bonds. The van der Waals surface area contributed by atoms with Crippen LogP contribution in [0, 0.1) is 5.82 Å². The van der Waals surface area contributed by atoms with Crippen molar-refractivity contribution < 1.29 is 13.3 Å². The smallest absolute Gasteiger partial charge is 0.142 e. The first kappa shape index (κ1) is 24.5. The molecule has 5 rings (SSSR count). The molecule has 1 saturated heterocycles. The lowest BCUT2D eigenvalue weighted by Gasteiger charge is -2.36. The van der Waals surface area contributed by atoms with Gasteiger partial charge in [0.1, 0.15) is 11.6 Å². The second-order valence-electron chi connectivity index (χ2n) is 8.76. The number of morpholine rings is 1. The Balaban J connectivity index is 1.78. The molecule has 0 spiro atoms. The van der Waals surface area contributed by atoms with Crippen LogP contribution in [-0.4, -0.2) is 56.2 Å². The summed E-state index contributed by atoms with van der Waals surface area (Å²) in [5, 5.41) is 0. The van der Waals surface area contributed by atoms with Crippen molar-refractivity contribution in [1.29, 1.82) is 0 Å². The van der Waals surface area contributed by atoms with Gasteiger partial charge in [0.05, 0.1) is 30.8 Å². The van der Waals surface area contributed by atoms with E-state index in [2.05, 4.69) is 21.4 Å². The van der Waals surface area contributed by atoms with Gasteiger partial charge in [-0.2, -0.15) is 0 Å². The molecule has 0 N–H and O–H groups in total. The zero-order chi connectivity index (χ0) is 25.1. The molecular weight excluding hydrogens is 475 g/mol. The Morgan fingerprint density at radius 1 is 0.944 bits per heavy atom. The predicted octanol–water partition coefficient (Wildman–Crippen LogP) is 5.40. The Labute approximate surface area is 213 Å². The van der Waals surface area contributed by atoms with Gasteiger partial charge in [-0.15, -0.1) is 0 Å². The van der Waals surface area contributed by atoms with Crippen LogP contribution in [0.3, 0.4) is 0 Å². The van der Waals surface area contributed by atoms with Crippen molar-refractivity contribution in [2.45, 2.75) is 24.4 Å². The van der Waals surface area contributed by atoms with E-state index in [-0.39, 0.29) is 12.0 Å². The highest BCUT2D eigenvalue weighted by Crippen LogP contribution is 2.40. The van der Waals surface area contributed by atoms with Gasteiger partial charge in [-0.25, -0.2) is 9.37 Å². The first-order chi connectivity index (χ1) is 17.6. The van der Waals surface area contributed by atoms with Gasteiger partial charge in [-0.05, 0) is 55.0 Å². The maximum atomic E-state index is 13.8. The molecule has 8 heteroatoms. The summed E-state index contributed by atoms with van der Waals surface area (Å²) in [6, 6.07) is 18.2. The summed E-state index contributed by atoms with van der Waals surface area (Å²) in [5.41, 5.74) is 4.50. The van der Waals surface area contributed by atoms with Gasteiger partial charge in [0, 0.05) is 64.1 Å². The number of aromatic nitrogens is 3. The SMILES string of the molecule is CCC(N1CCOCC1)n1c(-c2ccc(S(C)=O)cc2)nc(-c2ccc(F)cc2)c1-c1ccncc1. The lowest BCUT2D eigenvalue weighted by Crippen LogP contribution is -2.41. The molecule has 4 aromatic rings. The fraction of sp³-hybridized carbons (Fsp3) is 0.286. The zero-order valence-corrected chi connectivity index (χ0v) is 21.2. The summed E-state index contributed by atoms with van der Waals surface area (Å²) in [5.74, 6) is 0.527. The van der Waals surface area contributed by atoms with Gasteiger partial charge in [-0.1, -0.05) is 19.1 Å². The number of halogens is 1. The Kier molecular flexibility index (Phi) is 7.36. The van der Waals surface area contributed by atoms with Gasteiger partial charge < -0.3 is 9.30 Å². The van der Waals surface area contributed by atoms with Gasteiger partial charge in [0.2, 0.25) is 0 Å². The van der Waals surface area contributed by atoms with Crippen molar-refractivity contribution in [3.8, 4) is 33.9 Å². The van der Waals surface area contributed by atoms with Gasteiger partial charge >= 0.3 is 0 Å². The minimum atomic E-state index is -1.07. The van der Waals surface area contributed by atoms with Crippen LogP contribution in [0.4, 0.5) is 4.39 Å². The van der Waals surface area contributed by atoms with E-state index in [9.17, 15) is 8.60 Å². The van der Waals surface area contributed by atoms with Gasteiger partial charge in [0.15, 0.2) is 0 Å². The Hall–Kier alpha value is -3.20. The summed E-state index contributed by atoms with van der Waals surface area (Å²) in [6.45, 7) is 5.21. The van der Waals surface area contributed by atoms with Crippen molar-refractivity contribution in [2.24, 2.45) is 0 Å². The Bertz CT molecular complexity index is 1330. The molecule has 2 aromatic carbocycles. The molecule has 0 saturated carbocycles. The quantitative estimate of drug-likeness (QED) is 0.337. The monoisotopic (exact) mass is 504 g/mol. The highest BCUT2D eigenvalue weighted by atomic mass is 32.2.